The second-order valence-electron chi connectivity index (χ2n) is 5.08. The maximum Gasteiger partial charge on any atom is 0.254 e. The minimum atomic E-state index is -1.71. The van der Waals surface area contributed by atoms with Crippen molar-refractivity contribution in [2.75, 3.05) is 20.2 Å². The van der Waals surface area contributed by atoms with Crippen molar-refractivity contribution < 1.29 is 23.8 Å². The van der Waals surface area contributed by atoms with E-state index in [1.807, 2.05) is 0 Å². The summed E-state index contributed by atoms with van der Waals surface area (Å²) in [4.78, 5) is 25.0. The van der Waals surface area contributed by atoms with E-state index in [4.69, 9.17) is 10.5 Å². The maximum absolute atomic E-state index is 13.4. The van der Waals surface area contributed by atoms with Crippen molar-refractivity contribution in [3.8, 4) is 5.75 Å². The molecule has 1 saturated heterocycles. The third kappa shape index (κ3) is 2.97. The van der Waals surface area contributed by atoms with Crippen LogP contribution >= 0.6 is 0 Å². The second kappa shape index (κ2) is 5.69. The summed E-state index contributed by atoms with van der Waals surface area (Å²) in [6.45, 7) is 0.231. The van der Waals surface area contributed by atoms with Crippen molar-refractivity contribution in [1.82, 2.24) is 4.90 Å². The van der Waals surface area contributed by atoms with Crippen molar-refractivity contribution in [2.45, 2.75) is 18.4 Å². The number of ether oxygens (including phenoxy) is 1. The van der Waals surface area contributed by atoms with Crippen LogP contribution in [-0.2, 0) is 4.79 Å². The van der Waals surface area contributed by atoms with Gasteiger partial charge in [0.1, 0.15) is 0 Å². The number of hydrogen-bond donors (Lipinski definition) is 2. The number of primary amides is 1. The fourth-order valence-corrected chi connectivity index (χ4v) is 2.39. The summed E-state index contributed by atoms with van der Waals surface area (Å²) < 4.78 is 18.2. The van der Waals surface area contributed by atoms with Crippen LogP contribution in [0.25, 0.3) is 0 Å². The zero-order valence-electron chi connectivity index (χ0n) is 11.6. The molecule has 1 aliphatic heterocycles. The van der Waals surface area contributed by atoms with Crippen molar-refractivity contribution in [1.29, 1.82) is 0 Å². The number of carbonyl (C=O) groups excluding carboxylic acids is 2. The summed E-state index contributed by atoms with van der Waals surface area (Å²) in [7, 11) is 1.30. The van der Waals surface area contributed by atoms with Crippen LogP contribution in [0.3, 0.4) is 0 Å². The molecule has 1 unspecified atom stereocenters. The molecule has 1 aliphatic rings. The predicted octanol–water partition coefficient (Wildman–Crippen LogP) is 0.287. The van der Waals surface area contributed by atoms with Crippen LogP contribution in [0.1, 0.15) is 23.2 Å². The highest BCUT2D eigenvalue weighted by atomic mass is 19.1. The topological polar surface area (TPSA) is 92.9 Å². The highest BCUT2D eigenvalue weighted by Crippen LogP contribution is 2.24. The van der Waals surface area contributed by atoms with Gasteiger partial charge in [0.15, 0.2) is 17.2 Å². The van der Waals surface area contributed by atoms with Crippen LogP contribution in [0.4, 0.5) is 4.39 Å². The van der Waals surface area contributed by atoms with Crippen LogP contribution in [0, 0.1) is 5.82 Å². The molecule has 0 bridgehead atoms. The Bertz CT molecular complexity index is 578. The first-order valence-electron chi connectivity index (χ1n) is 6.52. The maximum atomic E-state index is 13.4. The van der Waals surface area contributed by atoms with E-state index in [0.29, 0.717) is 13.0 Å². The Balaban J connectivity index is 2.22. The smallest absolute Gasteiger partial charge is 0.254 e. The van der Waals surface area contributed by atoms with Crippen molar-refractivity contribution in [3.63, 3.8) is 0 Å². The van der Waals surface area contributed by atoms with E-state index in [9.17, 15) is 19.1 Å². The highest BCUT2D eigenvalue weighted by molar-refractivity contribution is 5.95. The highest BCUT2D eigenvalue weighted by Gasteiger charge is 2.40. The molecule has 7 heteroatoms. The minimum Gasteiger partial charge on any atom is -0.494 e. The van der Waals surface area contributed by atoms with Crippen LogP contribution in [-0.4, -0.2) is 47.6 Å². The Labute approximate surface area is 121 Å². The molecule has 0 radical (unpaired) electrons. The Morgan fingerprint density at radius 2 is 2.19 bits per heavy atom. The number of carbonyl (C=O) groups is 2. The second-order valence-corrected chi connectivity index (χ2v) is 5.08. The summed E-state index contributed by atoms with van der Waals surface area (Å²) >= 11 is 0. The average Bonchev–Trinajstić information content (AvgIpc) is 2.47. The first kappa shape index (κ1) is 15.2. The van der Waals surface area contributed by atoms with E-state index in [1.165, 1.54) is 24.1 Å². The molecule has 1 atom stereocenters. The summed E-state index contributed by atoms with van der Waals surface area (Å²) in [5.74, 6) is -1.87. The molecule has 3 N–H and O–H groups in total. The van der Waals surface area contributed by atoms with E-state index in [1.54, 1.807) is 0 Å². The summed E-state index contributed by atoms with van der Waals surface area (Å²) in [5.41, 5.74) is 3.69. The Morgan fingerprint density at radius 3 is 2.81 bits per heavy atom. The van der Waals surface area contributed by atoms with Gasteiger partial charge >= 0.3 is 0 Å². The molecule has 1 fully saturated rings. The summed E-state index contributed by atoms with van der Waals surface area (Å²) in [5, 5.41) is 10.1. The van der Waals surface area contributed by atoms with Gasteiger partial charge in [0.25, 0.3) is 11.8 Å². The molecule has 0 aromatic heterocycles. The standard InChI is InChI=1S/C14H17FN2O4/c1-21-11-7-9(3-4-10(11)15)12(18)17-6-2-5-14(20,8-17)13(16)19/h3-4,7,20H,2,5-6,8H2,1H3,(H2,16,19). The predicted molar refractivity (Wildman–Crippen MR) is 72.2 cm³/mol. The van der Waals surface area contributed by atoms with Gasteiger partial charge in [-0.1, -0.05) is 0 Å². The summed E-state index contributed by atoms with van der Waals surface area (Å²) in [6, 6.07) is 3.75. The molecule has 0 aliphatic carbocycles. The molecule has 1 heterocycles. The number of β-amino-alcohol motifs (C(OH)–C–C–N with tert-alkyl or cyclic N) is 1. The van der Waals surface area contributed by atoms with Gasteiger partial charge in [-0.25, -0.2) is 4.39 Å². The molecular formula is C14H17FN2O4. The third-order valence-corrected chi connectivity index (χ3v) is 3.61. The van der Waals surface area contributed by atoms with E-state index >= 15 is 0 Å². The Hall–Kier alpha value is -2.15. The minimum absolute atomic E-state index is 0.0389. The zero-order chi connectivity index (χ0) is 15.6. The van der Waals surface area contributed by atoms with E-state index < -0.39 is 23.2 Å². The molecule has 0 saturated carbocycles. The average molecular weight is 296 g/mol. The van der Waals surface area contributed by atoms with Crippen LogP contribution in [0.5, 0.6) is 5.75 Å². The lowest BCUT2D eigenvalue weighted by Crippen LogP contribution is -2.57. The van der Waals surface area contributed by atoms with E-state index in [2.05, 4.69) is 0 Å². The van der Waals surface area contributed by atoms with Gasteiger partial charge in [0.2, 0.25) is 0 Å². The fourth-order valence-electron chi connectivity index (χ4n) is 2.39. The quantitative estimate of drug-likeness (QED) is 0.838. The number of nitrogens with two attached hydrogens (primary N) is 1. The van der Waals surface area contributed by atoms with E-state index in [-0.39, 0.29) is 24.3 Å². The number of halogens is 1. The molecule has 6 nitrogen and oxygen atoms in total. The number of methoxy groups -OCH3 is 1. The zero-order valence-corrected chi connectivity index (χ0v) is 11.6. The van der Waals surface area contributed by atoms with Crippen molar-refractivity contribution in [3.05, 3.63) is 29.6 Å². The first-order chi connectivity index (χ1) is 9.87. The number of hydrogen-bond acceptors (Lipinski definition) is 4. The molecule has 114 valence electrons. The van der Waals surface area contributed by atoms with E-state index in [0.717, 1.165) is 6.07 Å². The molecule has 2 amide bonds. The largest absolute Gasteiger partial charge is 0.494 e. The molecular weight excluding hydrogens is 279 g/mol. The van der Waals surface area contributed by atoms with Crippen LogP contribution in [0.15, 0.2) is 18.2 Å². The third-order valence-electron chi connectivity index (χ3n) is 3.61. The number of rotatable bonds is 3. The Morgan fingerprint density at radius 1 is 1.48 bits per heavy atom. The van der Waals surface area contributed by atoms with Gasteiger partial charge in [-0.15, -0.1) is 0 Å². The molecule has 1 aromatic carbocycles. The van der Waals surface area contributed by atoms with Gasteiger partial charge in [-0.05, 0) is 31.0 Å². The molecule has 0 spiro atoms. The normalized spacial score (nSPS) is 22.0. The van der Waals surface area contributed by atoms with Crippen LogP contribution in [0.2, 0.25) is 0 Å². The number of aliphatic hydroxyl groups is 1. The number of piperidine rings is 1. The van der Waals surface area contributed by atoms with Crippen molar-refractivity contribution >= 4 is 11.8 Å². The number of likely N-dealkylation sites (tertiary alicyclic amines) is 1. The summed E-state index contributed by atoms with van der Waals surface area (Å²) in [6.07, 6.45) is 0.683. The monoisotopic (exact) mass is 296 g/mol. The lowest BCUT2D eigenvalue weighted by molar-refractivity contribution is -0.140. The lowest BCUT2D eigenvalue weighted by Gasteiger charge is -2.37. The number of amides is 2. The Kier molecular flexibility index (Phi) is 4.13. The lowest BCUT2D eigenvalue weighted by atomic mass is 9.92. The van der Waals surface area contributed by atoms with Crippen LogP contribution < -0.4 is 10.5 Å². The molecule has 2 rings (SSSR count). The number of benzene rings is 1. The van der Waals surface area contributed by atoms with Gasteiger partial charge in [-0.2, -0.15) is 0 Å². The number of nitrogens with zero attached hydrogens (tertiary/aromatic N) is 1. The van der Waals surface area contributed by atoms with Gasteiger partial charge in [0.05, 0.1) is 13.7 Å². The van der Waals surface area contributed by atoms with Gasteiger partial charge in [0, 0.05) is 12.1 Å². The molecule has 21 heavy (non-hydrogen) atoms. The fraction of sp³-hybridized carbons (Fsp3) is 0.429. The first-order valence-corrected chi connectivity index (χ1v) is 6.52. The SMILES string of the molecule is COc1cc(C(=O)N2CCCC(O)(C(N)=O)C2)ccc1F. The van der Waals surface area contributed by atoms with Crippen molar-refractivity contribution in [2.24, 2.45) is 5.73 Å². The van der Waals surface area contributed by atoms with Gasteiger partial charge < -0.3 is 20.5 Å². The molecule has 1 aromatic rings. The van der Waals surface area contributed by atoms with Gasteiger partial charge in [-0.3, -0.25) is 9.59 Å².